The predicted molar refractivity (Wildman–Crippen MR) is 86.9 cm³/mol. The molecule has 1 aromatic rings. The first-order chi connectivity index (χ1) is 10.6. The zero-order chi connectivity index (χ0) is 15.9. The molecule has 2 unspecified atom stereocenters. The Hall–Kier alpha value is -1.40. The lowest BCUT2D eigenvalue weighted by Gasteiger charge is -2.25. The minimum atomic E-state index is -0.155. The van der Waals surface area contributed by atoms with Crippen LogP contribution in [0, 0.1) is 5.92 Å². The molecular weight excluding hydrogens is 300 g/mol. The normalized spacial score (nSPS) is 21.9. The van der Waals surface area contributed by atoms with E-state index in [1.54, 1.807) is 13.1 Å². The SMILES string of the molecule is CN(CC(=O)NC1CCCCCC1CO)C(=O)c1cccs1. The lowest BCUT2D eigenvalue weighted by Crippen LogP contribution is -2.46. The van der Waals surface area contributed by atoms with Crippen LogP contribution in [0.2, 0.25) is 0 Å². The molecule has 0 radical (unpaired) electrons. The fraction of sp³-hybridized carbons (Fsp3) is 0.625. The molecule has 1 saturated carbocycles. The van der Waals surface area contributed by atoms with Crippen molar-refractivity contribution in [2.75, 3.05) is 20.2 Å². The van der Waals surface area contributed by atoms with Crippen LogP contribution in [-0.4, -0.2) is 48.1 Å². The summed E-state index contributed by atoms with van der Waals surface area (Å²) in [7, 11) is 1.64. The van der Waals surface area contributed by atoms with Crippen molar-refractivity contribution in [1.82, 2.24) is 10.2 Å². The molecule has 1 aliphatic rings. The highest BCUT2D eigenvalue weighted by atomic mass is 32.1. The molecule has 1 fully saturated rings. The minimum Gasteiger partial charge on any atom is -0.396 e. The molecule has 5 nitrogen and oxygen atoms in total. The molecule has 0 aromatic carbocycles. The van der Waals surface area contributed by atoms with Crippen LogP contribution >= 0.6 is 11.3 Å². The van der Waals surface area contributed by atoms with Gasteiger partial charge < -0.3 is 15.3 Å². The number of carbonyl (C=O) groups is 2. The third kappa shape index (κ3) is 4.55. The molecule has 22 heavy (non-hydrogen) atoms. The topological polar surface area (TPSA) is 69.6 Å². The average molecular weight is 324 g/mol. The molecule has 2 amide bonds. The van der Waals surface area contributed by atoms with Crippen LogP contribution in [-0.2, 0) is 4.79 Å². The van der Waals surface area contributed by atoms with Gasteiger partial charge in [-0.25, -0.2) is 0 Å². The molecule has 2 atom stereocenters. The number of amides is 2. The smallest absolute Gasteiger partial charge is 0.264 e. The quantitative estimate of drug-likeness (QED) is 0.813. The van der Waals surface area contributed by atoms with E-state index in [0.29, 0.717) is 4.88 Å². The first-order valence-electron chi connectivity index (χ1n) is 7.81. The summed E-state index contributed by atoms with van der Waals surface area (Å²) in [4.78, 5) is 26.4. The van der Waals surface area contributed by atoms with Gasteiger partial charge in [-0.05, 0) is 24.3 Å². The highest BCUT2D eigenvalue weighted by Crippen LogP contribution is 2.23. The molecule has 0 aliphatic heterocycles. The van der Waals surface area contributed by atoms with Crippen LogP contribution < -0.4 is 5.32 Å². The van der Waals surface area contributed by atoms with Crippen LogP contribution in [0.15, 0.2) is 17.5 Å². The van der Waals surface area contributed by atoms with E-state index >= 15 is 0 Å². The van der Waals surface area contributed by atoms with E-state index in [2.05, 4.69) is 5.32 Å². The number of hydrogen-bond acceptors (Lipinski definition) is 4. The van der Waals surface area contributed by atoms with Crippen LogP contribution in [0.1, 0.15) is 41.8 Å². The molecule has 122 valence electrons. The summed E-state index contributed by atoms with van der Waals surface area (Å²) < 4.78 is 0. The summed E-state index contributed by atoms with van der Waals surface area (Å²) >= 11 is 1.37. The fourth-order valence-corrected chi connectivity index (χ4v) is 3.64. The second kappa shape index (κ2) is 8.29. The van der Waals surface area contributed by atoms with Gasteiger partial charge in [-0.1, -0.05) is 25.3 Å². The standard InChI is InChI=1S/C16H24N2O3S/c1-18(16(21)14-8-5-9-22-14)10-15(20)17-13-7-4-2-3-6-12(13)11-19/h5,8-9,12-13,19H,2-4,6-7,10-11H2,1H3,(H,17,20). The average Bonchev–Trinajstić information content (AvgIpc) is 2.94. The lowest BCUT2D eigenvalue weighted by molar-refractivity contribution is -0.122. The Bertz CT molecular complexity index is 490. The van der Waals surface area contributed by atoms with Crippen LogP contribution in [0.5, 0.6) is 0 Å². The highest BCUT2D eigenvalue weighted by Gasteiger charge is 2.25. The van der Waals surface area contributed by atoms with Gasteiger partial charge >= 0.3 is 0 Å². The number of nitrogens with one attached hydrogen (secondary N) is 1. The van der Waals surface area contributed by atoms with Crippen molar-refractivity contribution in [3.8, 4) is 0 Å². The molecule has 1 heterocycles. The number of likely N-dealkylation sites (N-methyl/N-ethyl adjacent to an activating group) is 1. The van der Waals surface area contributed by atoms with Crippen LogP contribution in [0.4, 0.5) is 0 Å². The number of rotatable bonds is 5. The summed E-state index contributed by atoms with van der Waals surface area (Å²) in [5.74, 6) is -0.160. The van der Waals surface area contributed by atoms with E-state index in [1.807, 2.05) is 11.4 Å². The van der Waals surface area contributed by atoms with Gasteiger partial charge in [0.25, 0.3) is 5.91 Å². The fourth-order valence-electron chi connectivity index (χ4n) is 2.92. The van der Waals surface area contributed by atoms with E-state index in [1.165, 1.54) is 16.2 Å². The zero-order valence-electron chi connectivity index (χ0n) is 13.0. The number of aliphatic hydroxyl groups is 1. The van der Waals surface area contributed by atoms with E-state index in [-0.39, 0.29) is 36.9 Å². The monoisotopic (exact) mass is 324 g/mol. The lowest BCUT2D eigenvalue weighted by atomic mass is 9.95. The third-order valence-corrected chi connectivity index (χ3v) is 5.06. The second-order valence-corrected chi connectivity index (χ2v) is 6.84. The van der Waals surface area contributed by atoms with Crippen molar-refractivity contribution in [2.24, 2.45) is 5.92 Å². The van der Waals surface area contributed by atoms with Gasteiger partial charge in [0.15, 0.2) is 0 Å². The molecule has 0 spiro atoms. The Morgan fingerprint density at radius 2 is 2.14 bits per heavy atom. The van der Waals surface area contributed by atoms with Crippen molar-refractivity contribution in [3.63, 3.8) is 0 Å². The first kappa shape index (κ1) is 17.0. The molecule has 1 aromatic heterocycles. The van der Waals surface area contributed by atoms with Gasteiger partial charge in [-0.15, -0.1) is 11.3 Å². The molecule has 1 aliphatic carbocycles. The van der Waals surface area contributed by atoms with Crippen LogP contribution in [0.3, 0.4) is 0 Å². The first-order valence-corrected chi connectivity index (χ1v) is 8.69. The molecule has 0 bridgehead atoms. The maximum atomic E-state index is 12.2. The van der Waals surface area contributed by atoms with Gasteiger partial charge in [0, 0.05) is 25.6 Å². The molecule has 2 N–H and O–H groups in total. The Balaban J connectivity index is 1.87. The van der Waals surface area contributed by atoms with Crippen molar-refractivity contribution in [2.45, 2.75) is 38.1 Å². The maximum Gasteiger partial charge on any atom is 0.264 e. The Morgan fingerprint density at radius 1 is 1.36 bits per heavy atom. The summed E-state index contributed by atoms with van der Waals surface area (Å²) in [6.45, 7) is 0.153. The largest absolute Gasteiger partial charge is 0.396 e. The van der Waals surface area contributed by atoms with E-state index in [9.17, 15) is 14.7 Å². The Labute approximate surface area is 135 Å². The van der Waals surface area contributed by atoms with Gasteiger partial charge in [0.1, 0.15) is 0 Å². The predicted octanol–water partition coefficient (Wildman–Crippen LogP) is 1.88. The zero-order valence-corrected chi connectivity index (χ0v) is 13.8. The van der Waals surface area contributed by atoms with Gasteiger partial charge in [-0.3, -0.25) is 9.59 Å². The number of thiophene rings is 1. The van der Waals surface area contributed by atoms with Crippen molar-refractivity contribution < 1.29 is 14.7 Å². The Kier molecular flexibility index (Phi) is 6.39. The summed E-state index contributed by atoms with van der Waals surface area (Å²) in [6.07, 6.45) is 5.18. The third-order valence-electron chi connectivity index (χ3n) is 4.20. The van der Waals surface area contributed by atoms with Crippen molar-refractivity contribution in [3.05, 3.63) is 22.4 Å². The van der Waals surface area contributed by atoms with Gasteiger partial charge in [-0.2, -0.15) is 0 Å². The number of aliphatic hydroxyl groups excluding tert-OH is 1. The van der Waals surface area contributed by atoms with E-state index < -0.39 is 0 Å². The van der Waals surface area contributed by atoms with Crippen molar-refractivity contribution >= 4 is 23.2 Å². The summed E-state index contributed by atoms with van der Waals surface area (Å²) in [6, 6.07) is 3.60. The Morgan fingerprint density at radius 3 is 2.82 bits per heavy atom. The van der Waals surface area contributed by atoms with Crippen molar-refractivity contribution in [1.29, 1.82) is 0 Å². The second-order valence-electron chi connectivity index (χ2n) is 5.89. The van der Waals surface area contributed by atoms with Gasteiger partial charge in [0.05, 0.1) is 11.4 Å². The summed E-state index contributed by atoms with van der Waals surface area (Å²) in [5, 5.41) is 14.3. The number of hydrogen-bond donors (Lipinski definition) is 2. The maximum absolute atomic E-state index is 12.2. The molecule has 0 saturated heterocycles. The molecule has 6 heteroatoms. The molecular formula is C16H24N2O3S. The number of carbonyl (C=O) groups excluding carboxylic acids is 2. The number of nitrogens with zero attached hydrogens (tertiary/aromatic N) is 1. The highest BCUT2D eigenvalue weighted by molar-refractivity contribution is 7.12. The van der Waals surface area contributed by atoms with E-state index in [4.69, 9.17) is 0 Å². The van der Waals surface area contributed by atoms with Crippen LogP contribution in [0.25, 0.3) is 0 Å². The minimum absolute atomic E-state index is 0.0187. The molecule has 2 rings (SSSR count). The summed E-state index contributed by atoms with van der Waals surface area (Å²) in [5.41, 5.74) is 0. The van der Waals surface area contributed by atoms with Gasteiger partial charge in [0.2, 0.25) is 5.91 Å². The van der Waals surface area contributed by atoms with E-state index in [0.717, 1.165) is 32.1 Å².